The highest BCUT2D eigenvalue weighted by atomic mass is 35.5. The Hall–Kier alpha value is -0.540. The first-order valence-electron chi connectivity index (χ1n) is 4.65. The van der Waals surface area contributed by atoms with Crippen LogP contribution in [0.2, 0.25) is 5.15 Å². The third-order valence-corrected chi connectivity index (χ3v) is 2.75. The molecule has 0 aliphatic carbocycles. The Morgan fingerprint density at radius 1 is 1.54 bits per heavy atom. The maximum atomic E-state index is 6.21. The molecule has 0 saturated heterocycles. The van der Waals surface area contributed by atoms with E-state index in [9.17, 15) is 0 Å². The first kappa shape index (κ1) is 9.03. The van der Waals surface area contributed by atoms with Gasteiger partial charge in [0.15, 0.2) is 0 Å². The first-order chi connectivity index (χ1) is 6.20. The molecule has 1 aliphatic rings. The Bertz CT molecular complexity index is 317. The molecule has 0 bridgehead atoms. The molecule has 72 valence electrons. The summed E-state index contributed by atoms with van der Waals surface area (Å²) in [6.07, 6.45) is 0. The van der Waals surface area contributed by atoms with Gasteiger partial charge >= 0.3 is 0 Å². The number of fused-ring (bicyclic) bond motifs is 1. The zero-order chi connectivity index (χ0) is 9.42. The van der Waals surface area contributed by atoms with Crippen LogP contribution in [0.4, 0.5) is 0 Å². The second-order valence-corrected chi connectivity index (χ2v) is 4.05. The highest BCUT2D eigenvalue weighted by Gasteiger charge is 2.19. The van der Waals surface area contributed by atoms with Gasteiger partial charge in [-0.1, -0.05) is 25.4 Å². The van der Waals surface area contributed by atoms with Crippen LogP contribution in [0.1, 0.15) is 31.3 Å². The van der Waals surface area contributed by atoms with Crippen LogP contribution in [0.3, 0.4) is 0 Å². The van der Waals surface area contributed by atoms with Crippen LogP contribution >= 0.6 is 11.6 Å². The molecule has 1 N–H and O–H groups in total. The summed E-state index contributed by atoms with van der Waals surface area (Å²) < 4.78 is 2.10. The van der Waals surface area contributed by atoms with Gasteiger partial charge in [-0.15, -0.1) is 0 Å². The number of nitrogens with one attached hydrogen (secondary N) is 1. The molecule has 1 aromatic heterocycles. The standard InChI is InChI=1S/C9H14ClN3/c1-6(2)8-9(10)13-4-3-11-5-7(13)12-8/h6,11H,3-5H2,1-2H3. The molecule has 1 aliphatic heterocycles. The molecule has 0 amide bonds. The molecule has 2 rings (SSSR count). The molecule has 0 fully saturated rings. The van der Waals surface area contributed by atoms with Gasteiger partial charge in [0.05, 0.1) is 12.2 Å². The van der Waals surface area contributed by atoms with E-state index in [2.05, 4.69) is 28.7 Å². The molecule has 0 radical (unpaired) electrons. The van der Waals surface area contributed by atoms with Crippen molar-refractivity contribution < 1.29 is 0 Å². The predicted octanol–water partition coefficient (Wildman–Crippen LogP) is 1.76. The summed E-state index contributed by atoms with van der Waals surface area (Å²) in [7, 11) is 0. The van der Waals surface area contributed by atoms with Crippen LogP contribution in [0.5, 0.6) is 0 Å². The topological polar surface area (TPSA) is 29.9 Å². The monoisotopic (exact) mass is 199 g/mol. The lowest BCUT2D eigenvalue weighted by molar-refractivity contribution is 0.506. The van der Waals surface area contributed by atoms with Gasteiger partial charge in [0, 0.05) is 13.1 Å². The number of halogens is 1. The third kappa shape index (κ3) is 1.46. The summed E-state index contributed by atoms with van der Waals surface area (Å²) in [5.41, 5.74) is 1.03. The van der Waals surface area contributed by atoms with Gasteiger partial charge in [0.2, 0.25) is 0 Å². The quantitative estimate of drug-likeness (QED) is 0.747. The molecule has 0 saturated carbocycles. The minimum atomic E-state index is 0.408. The van der Waals surface area contributed by atoms with E-state index in [-0.39, 0.29) is 0 Å². The van der Waals surface area contributed by atoms with Crippen LogP contribution < -0.4 is 5.32 Å². The van der Waals surface area contributed by atoms with Crippen molar-refractivity contribution in [2.24, 2.45) is 0 Å². The summed E-state index contributed by atoms with van der Waals surface area (Å²) in [6, 6.07) is 0. The second kappa shape index (κ2) is 3.31. The molecule has 13 heavy (non-hydrogen) atoms. The zero-order valence-corrected chi connectivity index (χ0v) is 8.73. The van der Waals surface area contributed by atoms with Gasteiger partial charge < -0.3 is 9.88 Å². The number of aromatic nitrogens is 2. The average Bonchev–Trinajstić information content (AvgIpc) is 2.45. The smallest absolute Gasteiger partial charge is 0.132 e. The Kier molecular flexibility index (Phi) is 2.30. The van der Waals surface area contributed by atoms with Crippen molar-refractivity contribution in [3.8, 4) is 0 Å². The van der Waals surface area contributed by atoms with Gasteiger partial charge in [-0.3, -0.25) is 0 Å². The lowest BCUT2D eigenvalue weighted by atomic mass is 10.2. The fourth-order valence-corrected chi connectivity index (χ4v) is 2.06. The number of hydrogen-bond acceptors (Lipinski definition) is 2. The van der Waals surface area contributed by atoms with Crippen LogP contribution in [-0.4, -0.2) is 16.1 Å². The lowest BCUT2D eigenvalue weighted by Gasteiger charge is -2.15. The maximum absolute atomic E-state index is 6.21. The van der Waals surface area contributed by atoms with E-state index < -0.39 is 0 Å². The Labute approximate surface area is 83.1 Å². The van der Waals surface area contributed by atoms with Crippen LogP contribution in [0.25, 0.3) is 0 Å². The van der Waals surface area contributed by atoms with E-state index >= 15 is 0 Å². The van der Waals surface area contributed by atoms with Crippen LogP contribution in [0, 0.1) is 0 Å². The minimum absolute atomic E-state index is 0.408. The number of rotatable bonds is 1. The minimum Gasteiger partial charge on any atom is -0.317 e. The molecular formula is C9H14ClN3. The van der Waals surface area contributed by atoms with Crippen molar-refractivity contribution in [3.63, 3.8) is 0 Å². The van der Waals surface area contributed by atoms with E-state index in [4.69, 9.17) is 11.6 Å². The molecule has 3 nitrogen and oxygen atoms in total. The highest BCUT2D eigenvalue weighted by molar-refractivity contribution is 6.30. The third-order valence-electron chi connectivity index (χ3n) is 2.35. The van der Waals surface area contributed by atoms with Gasteiger partial charge in [-0.2, -0.15) is 0 Å². The van der Waals surface area contributed by atoms with E-state index in [0.29, 0.717) is 5.92 Å². The summed E-state index contributed by atoms with van der Waals surface area (Å²) in [6.45, 7) is 7.00. The SMILES string of the molecule is CC(C)c1nc2n(c1Cl)CCNC2. The molecule has 4 heteroatoms. The molecule has 0 unspecified atom stereocenters. The molecule has 2 heterocycles. The average molecular weight is 200 g/mol. The number of nitrogens with zero attached hydrogens (tertiary/aromatic N) is 2. The molecule has 0 spiro atoms. The van der Waals surface area contributed by atoms with E-state index in [1.54, 1.807) is 0 Å². The Balaban J connectivity index is 2.44. The summed E-state index contributed by atoms with van der Waals surface area (Å²) in [4.78, 5) is 4.52. The van der Waals surface area contributed by atoms with Gasteiger partial charge in [0.1, 0.15) is 11.0 Å². The molecular weight excluding hydrogens is 186 g/mol. The van der Waals surface area contributed by atoms with Crippen LogP contribution in [-0.2, 0) is 13.1 Å². The summed E-state index contributed by atoms with van der Waals surface area (Å²) in [5, 5.41) is 4.10. The van der Waals surface area contributed by atoms with Crippen molar-refractivity contribution in [2.45, 2.75) is 32.9 Å². The van der Waals surface area contributed by atoms with Crippen LogP contribution in [0.15, 0.2) is 0 Å². The Morgan fingerprint density at radius 2 is 2.31 bits per heavy atom. The number of hydrogen-bond donors (Lipinski definition) is 1. The van der Waals surface area contributed by atoms with E-state index in [0.717, 1.165) is 36.3 Å². The summed E-state index contributed by atoms with van der Waals surface area (Å²) >= 11 is 6.21. The molecule has 0 atom stereocenters. The second-order valence-electron chi connectivity index (χ2n) is 3.69. The van der Waals surface area contributed by atoms with Gasteiger partial charge in [-0.05, 0) is 5.92 Å². The van der Waals surface area contributed by atoms with Gasteiger partial charge in [-0.25, -0.2) is 4.98 Å². The van der Waals surface area contributed by atoms with Crippen molar-refractivity contribution in [2.75, 3.05) is 6.54 Å². The zero-order valence-electron chi connectivity index (χ0n) is 7.97. The highest BCUT2D eigenvalue weighted by Crippen LogP contribution is 2.25. The normalized spacial score (nSPS) is 16.3. The predicted molar refractivity (Wildman–Crippen MR) is 53.0 cm³/mol. The van der Waals surface area contributed by atoms with E-state index in [1.165, 1.54) is 0 Å². The van der Waals surface area contributed by atoms with Gasteiger partial charge in [0.25, 0.3) is 0 Å². The fraction of sp³-hybridized carbons (Fsp3) is 0.667. The fourth-order valence-electron chi connectivity index (χ4n) is 1.62. The van der Waals surface area contributed by atoms with Crippen molar-refractivity contribution in [1.82, 2.24) is 14.9 Å². The number of imidazole rings is 1. The molecule has 1 aromatic rings. The largest absolute Gasteiger partial charge is 0.317 e. The van der Waals surface area contributed by atoms with Crippen molar-refractivity contribution >= 4 is 11.6 Å². The first-order valence-corrected chi connectivity index (χ1v) is 5.03. The van der Waals surface area contributed by atoms with Crippen molar-refractivity contribution in [1.29, 1.82) is 0 Å². The maximum Gasteiger partial charge on any atom is 0.132 e. The molecule has 0 aromatic carbocycles. The summed E-state index contributed by atoms with van der Waals surface area (Å²) in [5.74, 6) is 1.48. The van der Waals surface area contributed by atoms with E-state index in [1.807, 2.05) is 0 Å². The van der Waals surface area contributed by atoms with Crippen molar-refractivity contribution in [3.05, 3.63) is 16.7 Å². The Morgan fingerprint density at radius 3 is 2.92 bits per heavy atom. The lowest BCUT2D eigenvalue weighted by Crippen LogP contribution is -2.28.